The van der Waals surface area contributed by atoms with Crippen LogP contribution in [0.1, 0.15) is 15.9 Å². The Morgan fingerprint density at radius 2 is 2.05 bits per heavy atom. The van der Waals surface area contributed by atoms with Crippen LogP contribution in [-0.4, -0.2) is 13.0 Å². The van der Waals surface area contributed by atoms with E-state index in [0.717, 1.165) is 11.3 Å². The van der Waals surface area contributed by atoms with E-state index in [0.29, 0.717) is 22.9 Å². The standard InChI is InChI=1S/C15H15ClN2O2/c1-20-11-6-7-13(16)14(8-11)18-9-10-4-2-3-5-12(10)15(17)19/h2-8,18H,9H2,1H3,(H2,17,19). The van der Waals surface area contributed by atoms with Crippen LogP contribution in [0.25, 0.3) is 0 Å². The number of carbonyl (C=O) groups is 1. The zero-order chi connectivity index (χ0) is 14.5. The average molecular weight is 291 g/mol. The fraction of sp³-hybridized carbons (Fsp3) is 0.133. The van der Waals surface area contributed by atoms with Gasteiger partial charge in [-0.1, -0.05) is 29.8 Å². The summed E-state index contributed by atoms with van der Waals surface area (Å²) in [6, 6.07) is 12.5. The van der Waals surface area contributed by atoms with Crippen molar-refractivity contribution < 1.29 is 9.53 Å². The monoisotopic (exact) mass is 290 g/mol. The fourth-order valence-corrected chi connectivity index (χ4v) is 2.06. The molecule has 0 aromatic heterocycles. The Bertz CT molecular complexity index is 629. The largest absolute Gasteiger partial charge is 0.497 e. The van der Waals surface area contributed by atoms with E-state index >= 15 is 0 Å². The maximum absolute atomic E-state index is 11.3. The molecule has 0 saturated heterocycles. The molecule has 2 aromatic rings. The summed E-state index contributed by atoms with van der Waals surface area (Å²) in [5.41, 5.74) is 7.40. The number of amides is 1. The van der Waals surface area contributed by atoms with E-state index in [1.165, 1.54) is 0 Å². The second kappa shape index (κ2) is 6.30. The van der Waals surface area contributed by atoms with Gasteiger partial charge in [0, 0.05) is 18.2 Å². The normalized spacial score (nSPS) is 10.1. The van der Waals surface area contributed by atoms with E-state index in [4.69, 9.17) is 22.1 Å². The van der Waals surface area contributed by atoms with Crippen LogP contribution in [0.5, 0.6) is 5.75 Å². The number of carbonyl (C=O) groups excluding carboxylic acids is 1. The van der Waals surface area contributed by atoms with Gasteiger partial charge in [-0.25, -0.2) is 0 Å². The number of methoxy groups -OCH3 is 1. The molecule has 0 heterocycles. The van der Waals surface area contributed by atoms with Gasteiger partial charge in [0.1, 0.15) is 5.75 Å². The Kier molecular flexibility index (Phi) is 4.48. The van der Waals surface area contributed by atoms with Crippen LogP contribution in [-0.2, 0) is 6.54 Å². The lowest BCUT2D eigenvalue weighted by atomic mass is 10.1. The molecule has 1 amide bonds. The van der Waals surface area contributed by atoms with Crippen molar-refractivity contribution in [2.24, 2.45) is 5.73 Å². The van der Waals surface area contributed by atoms with Gasteiger partial charge in [0.05, 0.1) is 17.8 Å². The van der Waals surface area contributed by atoms with Crippen LogP contribution in [0.4, 0.5) is 5.69 Å². The molecular formula is C15H15ClN2O2. The lowest BCUT2D eigenvalue weighted by molar-refractivity contribution is 0.0999. The number of primary amides is 1. The molecule has 0 unspecified atom stereocenters. The van der Waals surface area contributed by atoms with Crippen molar-refractivity contribution in [1.82, 2.24) is 0 Å². The molecule has 3 N–H and O–H groups in total. The molecule has 0 aliphatic heterocycles. The Balaban J connectivity index is 2.19. The highest BCUT2D eigenvalue weighted by Gasteiger charge is 2.08. The van der Waals surface area contributed by atoms with Gasteiger partial charge in [-0.3, -0.25) is 4.79 Å². The van der Waals surface area contributed by atoms with Crippen LogP contribution in [0.15, 0.2) is 42.5 Å². The SMILES string of the molecule is COc1ccc(Cl)c(NCc2ccccc2C(N)=O)c1. The number of rotatable bonds is 5. The number of ether oxygens (including phenoxy) is 1. The van der Waals surface area contributed by atoms with Gasteiger partial charge in [-0.05, 0) is 23.8 Å². The molecule has 0 atom stereocenters. The topological polar surface area (TPSA) is 64.3 Å². The molecule has 2 rings (SSSR count). The highest BCUT2D eigenvalue weighted by molar-refractivity contribution is 6.33. The molecule has 0 radical (unpaired) electrons. The lowest BCUT2D eigenvalue weighted by Gasteiger charge is -2.12. The molecule has 0 fully saturated rings. The minimum Gasteiger partial charge on any atom is -0.497 e. The first-order chi connectivity index (χ1) is 9.61. The minimum atomic E-state index is -0.445. The smallest absolute Gasteiger partial charge is 0.249 e. The van der Waals surface area contributed by atoms with Gasteiger partial charge < -0.3 is 15.8 Å². The number of halogens is 1. The summed E-state index contributed by atoms with van der Waals surface area (Å²) < 4.78 is 5.15. The molecule has 0 aliphatic carbocycles. The molecular weight excluding hydrogens is 276 g/mol. The Morgan fingerprint density at radius 1 is 1.30 bits per heavy atom. The minimum absolute atomic E-state index is 0.445. The molecule has 0 spiro atoms. The molecule has 0 bridgehead atoms. The van der Waals surface area contributed by atoms with Crippen LogP contribution in [0, 0.1) is 0 Å². The Morgan fingerprint density at radius 3 is 2.75 bits per heavy atom. The Labute approximate surface area is 122 Å². The molecule has 5 heteroatoms. The summed E-state index contributed by atoms with van der Waals surface area (Å²) in [7, 11) is 1.59. The highest BCUT2D eigenvalue weighted by Crippen LogP contribution is 2.27. The van der Waals surface area contributed by atoms with E-state index in [9.17, 15) is 4.79 Å². The fourth-order valence-electron chi connectivity index (χ4n) is 1.87. The van der Waals surface area contributed by atoms with Gasteiger partial charge >= 0.3 is 0 Å². The van der Waals surface area contributed by atoms with Gasteiger partial charge in [0.2, 0.25) is 5.91 Å². The highest BCUT2D eigenvalue weighted by atomic mass is 35.5. The maximum atomic E-state index is 11.3. The summed E-state index contributed by atoms with van der Waals surface area (Å²) >= 11 is 6.11. The maximum Gasteiger partial charge on any atom is 0.249 e. The van der Waals surface area contributed by atoms with E-state index in [2.05, 4.69) is 5.32 Å². The molecule has 104 valence electrons. The van der Waals surface area contributed by atoms with Crippen molar-refractivity contribution >= 4 is 23.2 Å². The summed E-state index contributed by atoms with van der Waals surface area (Å²) in [4.78, 5) is 11.3. The summed E-state index contributed by atoms with van der Waals surface area (Å²) in [6.07, 6.45) is 0. The number of hydrogen-bond donors (Lipinski definition) is 2. The van der Waals surface area contributed by atoms with Crippen molar-refractivity contribution in [2.75, 3.05) is 12.4 Å². The number of nitrogens with one attached hydrogen (secondary N) is 1. The van der Waals surface area contributed by atoms with E-state index in [1.807, 2.05) is 12.1 Å². The van der Waals surface area contributed by atoms with Gasteiger partial charge in [0.25, 0.3) is 0 Å². The third kappa shape index (κ3) is 3.22. The van der Waals surface area contributed by atoms with Gasteiger partial charge in [0.15, 0.2) is 0 Å². The number of nitrogens with two attached hydrogens (primary N) is 1. The number of hydrogen-bond acceptors (Lipinski definition) is 3. The molecule has 0 saturated carbocycles. The first-order valence-corrected chi connectivity index (χ1v) is 6.44. The van der Waals surface area contributed by atoms with Crippen LogP contribution >= 0.6 is 11.6 Å². The third-order valence-electron chi connectivity index (χ3n) is 2.93. The van der Waals surface area contributed by atoms with E-state index < -0.39 is 5.91 Å². The second-order valence-corrected chi connectivity index (χ2v) is 4.63. The number of benzene rings is 2. The first kappa shape index (κ1) is 14.2. The molecule has 4 nitrogen and oxygen atoms in total. The van der Waals surface area contributed by atoms with Crippen molar-refractivity contribution in [3.05, 3.63) is 58.6 Å². The van der Waals surface area contributed by atoms with Crippen molar-refractivity contribution in [2.45, 2.75) is 6.54 Å². The summed E-state index contributed by atoms with van der Waals surface area (Å²) in [6.45, 7) is 0.450. The summed E-state index contributed by atoms with van der Waals surface area (Å²) in [5.74, 6) is 0.263. The van der Waals surface area contributed by atoms with Crippen LogP contribution in [0.3, 0.4) is 0 Å². The van der Waals surface area contributed by atoms with Gasteiger partial charge in [-0.2, -0.15) is 0 Å². The van der Waals surface area contributed by atoms with E-state index in [1.54, 1.807) is 37.4 Å². The van der Waals surface area contributed by atoms with Crippen molar-refractivity contribution in [3.8, 4) is 5.75 Å². The zero-order valence-electron chi connectivity index (χ0n) is 11.0. The Hall–Kier alpha value is -2.20. The average Bonchev–Trinajstić information content (AvgIpc) is 2.46. The quantitative estimate of drug-likeness (QED) is 0.889. The predicted molar refractivity (Wildman–Crippen MR) is 80.3 cm³/mol. The summed E-state index contributed by atoms with van der Waals surface area (Å²) in [5, 5.41) is 3.77. The first-order valence-electron chi connectivity index (χ1n) is 6.07. The number of anilines is 1. The van der Waals surface area contributed by atoms with Crippen LogP contribution < -0.4 is 15.8 Å². The van der Waals surface area contributed by atoms with Crippen molar-refractivity contribution in [1.29, 1.82) is 0 Å². The van der Waals surface area contributed by atoms with Crippen LogP contribution in [0.2, 0.25) is 5.02 Å². The van der Waals surface area contributed by atoms with E-state index in [-0.39, 0.29) is 0 Å². The second-order valence-electron chi connectivity index (χ2n) is 4.22. The molecule has 2 aromatic carbocycles. The lowest BCUT2D eigenvalue weighted by Crippen LogP contribution is -2.15. The van der Waals surface area contributed by atoms with Crippen molar-refractivity contribution in [3.63, 3.8) is 0 Å². The molecule has 20 heavy (non-hydrogen) atoms. The predicted octanol–water partition coefficient (Wildman–Crippen LogP) is 3.06. The third-order valence-corrected chi connectivity index (χ3v) is 3.26. The van der Waals surface area contributed by atoms with Gasteiger partial charge in [-0.15, -0.1) is 0 Å². The zero-order valence-corrected chi connectivity index (χ0v) is 11.8. The molecule has 0 aliphatic rings.